The van der Waals surface area contributed by atoms with Gasteiger partial charge in [0.05, 0.1) is 19.9 Å². The number of hydrogen-bond donors (Lipinski definition) is 2. The molecule has 0 unspecified atom stereocenters. The first-order valence-electron chi connectivity index (χ1n) is 7.38. The maximum Gasteiger partial charge on any atom is 0.331 e. The second-order valence-corrected chi connectivity index (χ2v) is 6.19. The number of nitrogens with zero attached hydrogens (tertiary/aromatic N) is 1. The summed E-state index contributed by atoms with van der Waals surface area (Å²) in [7, 11) is 1.38. The van der Waals surface area contributed by atoms with Crippen molar-refractivity contribution in [1.82, 2.24) is 10.2 Å². The van der Waals surface area contributed by atoms with Crippen molar-refractivity contribution in [3.8, 4) is 11.5 Å². The molecule has 1 aliphatic heterocycles. The molecule has 0 aliphatic carbocycles. The molecule has 4 amide bonds. The molecule has 134 valence electrons. The summed E-state index contributed by atoms with van der Waals surface area (Å²) in [4.78, 5) is 37.6. The molecule has 2 N–H and O–H groups in total. The topological polar surface area (TPSA) is 109 Å². The zero-order valence-electron chi connectivity index (χ0n) is 13.5. The van der Waals surface area contributed by atoms with Crippen molar-refractivity contribution in [1.29, 1.82) is 0 Å². The number of imide groups is 2. The largest absolute Gasteiger partial charge is 0.504 e. The second-order valence-electron chi connectivity index (χ2n) is 5.33. The van der Waals surface area contributed by atoms with E-state index in [1.54, 1.807) is 12.1 Å². The minimum Gasteiger partial charge on any atom is -0.504 e. The van der Waals surface area contributed by atoms with Crippen LogP contribution in [0, 0.1) is 0 Å². The fraction of sp³-hybridized carbons (Fsp3) is 0.118. The Morgan fingerprint density at radius 2 is 2.12 bits per heavy atom. The van der Waals surface area contributed by atoms with Crippen LogP contribution in [0.1, 0.15) is 11.3 Å². The Morgan fingerprint density at radius 1 is 1.35 bits per heavy atom. The Hall–Kier alpha value is -3.07. The number of aromatic hydroxyl groups is 1. The normalized spacial score (nSPS) is 16.2. The van der Waals surface area contributed by atoms with Gasteiger partial charge in [-0.2, -0.15) is 0 Å². The number of furan rings is 1. The van der Waals surface area contributed by atoms with E-state index in [4.69, 9.17) is 9.15 Å². The molecule has 0 spiro atoms. The van der Waals surface area contributed by atoms with Crippen LogP contribution in [0.5, 0.6) is 11.5 Å². The number of amides is 4. The van der Waals surface area contributed by atoms with Crippen molar-refractivity contribution < 1.29 is 28.6 Å². The third-order valence-corrected chi connectivity index (χ3v) is 4.36. The number of halogens is 1. The summed E-state index contributed by atoms with van der Waals surface area (Å²) in [5.74, 6) is -1.10. The fourth-order valence-corrected chi connectivity index (χ4v) is 2.83. The van der Waals surface area contributed by atoms with Gasteiger partial charge in [0.15, 0.2) is 11.5 Å². The number of barbiturate groups is 1. The molecule has 8 nitrogen and oxygen atoms in total. The predicted octanol–water partition coefficient (Wildman–Crippen LogP) is 2.42. The number of hydrogen-bond acceptors (Lipinski definition) is 6. The average Bonchev–Trinajstić information content (AvgIpc) is 3.10. The zero-order chi connectivity index (χ0) is 18.8. The smallest absolute Gasteiger partial charge is 0.331 e. The Labute approximate surface area is 156 Å². The Kier molecular flexibility index (Phi) is 4.81. The van der Waals surface area contributed by atoms with E-state index in [1.807, 2.05) is 0 Å². The van der Waals surface area contributed by atoms with Gasteiger partial charge in [0.25, 0.3) is 11.8 Å². The van der Waals surface area contributed by atoms with E-state index in [1.165, 1.54) is 31.6 Å². The SMILES string of the molecule is COc1cc(/C=C2\C(=O)NC(=O)N(Cc3ccco3)C2=O)c(Br)cc1O. The number of carbonyl (C=O) groups excluding carboxylic acids is 3. The standard InChI is InChI=1S/C17H13BrN2O6/c1-25-14-6-9(12(18)7-13(14)21)5-11-15(22)19-17(24)20(16(11)23)8-10-3-2-4-26-10/h2-7,21H,8H2,1H3,(H,19,22,24)/b11-5+. The molecule has 3 rings (SSSR count). The van der Waals surface area contributed by atoms with Gasteiger partial charge in [-0.15, -0.1) is 0 Å². The molecule has 1 saturated heterocycles. The summed E-state index contributed by atoms with van der Waals surface area (Å²) in [5, 5.41) is 11.9. The van der Waals surface area contributed by atoms with E-state index in [0.29, 0.717) is 15.8 Å². The van der Waals surface area contributed by atoms with Gasteiger partial charge in [-0.25, -0.2) is 4.79 Å². The van der Waals surface area contributed by atoms with Crippen LogP contribution in [0.25, 0.3) is 6.08 Å². The average molecular weight is 421 g/mol. The minimum absolute atomic E-state index is 0.101. The molecule has 0 saturated carbocycles. The van der Waals surface area contributed by atoms with Crippen LogP contribution in [0.3, 0.4) is 0 Å². The molecule has 9 heteroatoms. The van der Waals surface area contributed by atoms with E-state index in [2.05, 4.69) is 21.2 Å². The molecule has 1 aromatic carbocycles. The van der Waals surface area contributed by atoms with Crippen LogP contribution in [0.4, 0.5) is 4.79 Å². The number of carbonyl (C=O) groups is 3. The van der Waals surface area contributed by atoms with Crippen LogP contribution in [0.15, 0.2) is 45.0 Å². The lowest BCUT2D eigenvalue weighted by Gasteiger charge is -2.25. The van der Waals surface area contributed by atoms with E-state index < -0.39 is 17.8 Å². The van der Waals surface area contributed by atoms with Crippen LogP contribution in [0.2, 0.25) is 0 Å². The van der Waals surface area contributed by atoms with Crippen molar-refractivity contribution in [3.05, 3.63) is 51.9 Å². The van der Waals surface area contributed by atoms with Gasteiger partial charge < -0.3 is 14.3 Å². The van der Waals surface area contributed by atoms with Crippen molar-refractivity contribution in [2.24, 2.45) is 0 Å². The van der Waals surface area contributed by atoms with Crippen LogP contribution in [-0.4, -0.2) is 35.0 Å². The lowest BCUT2D eigenvalue weighted by Crippen LogP contribution is -2.53. The summed E-state index contributed by atoms with van der Waals surface area (Å²) >= 11 is 3.25. The minimum atomic E-state index is -0.823. The number of urea groups is 1. The van der Waals surface area contributed by atoms with E-state index in [9.17, 15) is 19.5 Å². The molecule has 1 fully saturated rings. The molecular formula is C17H13BrN2O6. The van der Waals surface area contributed by atoms with Crippen molar-refractivity contribution in [2.75, 3.05) is 7.11 Å². The van der Waals surface area contributed by atoms with Crippen molar-refractivity contribution >= 4 is 39.9 Å². The van der Waals surface area contributed by atoms with Crippen molar-refractivity contribution in [2.45, 2.75) is 6.54 Å². The number of phenolic OH excluding ortho intramolecular Hbond substituents is 1. The number of phenols is 1. The number of methoxy groups -OCH3 is 1. The first-order valence-corrected chi connectivity index (χ1v) is 8.17. The predicted molar refractivity (Wildman–Crippen MR) is 93.1 cm³/mol. The first kappa shape index (κ1) is 17.7. The summed E-state index contributed by atoms with van der Waals surface area (Å²) < 4.78 is 10.6. The highest BCUT2D eigenvalue weighted by Crippen LogP contribution is 2.33. The van der Waals surface area contributed by atoms with E-state index >= 15 is 0 Å². The molecule has 0 radical (unpaired) electrons. The summed E-state index contributed by atoms with van der Waals surface area (Å²) in [6, 6.07) is 5.25. The van der Waals surface area contributed by atoms with Gasteiger partial charge >= 0.3 is 6.03 Å². The highest BCUT2D eigenvalue weighted by atomic mass is 79.9. The molecule has 1 aliphatic rings. The van der Waals surface area contributed by atoms with Gasteiger partial charge in [0, 0.05) is 4.47 Å². The van der Waals surface area contributed by atoms with E-state index in [0.717, 1.165) is 4.90 Å². The van der Waals surface area contributed by atoms with Gasteiger partial charge in [-0.3, -0.25) is 19.8 Å². The second kappa shape index (κ2) is 7.04. The molecule has 1 aromatic heterocycles. The van der Waals surface area contributed by atoms with Gasteiger partial charge in [-0.05, 0) is 35.9 Å². The molecule has 2 aromatic rings. The van der Waals surface area contributed by atoms with Crippen LogP contribution in [-0.2, 0) is 16.1 Å². The fourth-order valence-electron chi connectivity index (χ4n) is 2.38. The number of benzene rings is 1. The summed E-state index contributed by atoms with van der Waals surface area (Å²) in [6.45, 7) is -0.109. The lowest BCUT2D eigenvalue weighted by atomic mass is 10.1. The Bertz CT molecular complexity index is 920. The van der Waals surface area contributed by atoms with Gasteiger partial charge in [0.1, 0.15) is 11.3 Å². The summed E-state index contributed by atoms with van der Waals surface area (Å²) in [5.41, 5.74) is 0.190. The third kappa shape index (κ3) is 3.33. The monoisotopic (exact) mass is 420 g/mol. The maximum absolute atomic E-state index is 12.6. The maximum atomic E-state index is 12.6. The molecule has 26 heavy (non-hydrogen) atoms. The van der Waals surface area contributed by atoms with Crippen molar-refractivity contribution in [3.63, 3.8) is 0 Å². The summed E-state index contributed by atoms with van der Waals surface area (Å²) in [6.07, 6.45) is 2.73. The third-order valence-electron chi connectivity index (χ3n) is 3.68. The lowest BCUT2D eigenvalue weighted by molar-refractivity contribution is -0.130. The molecule has 0 atom stereocenters. The molecule has 0 bridgehead atoms. The molecule has 2 heterocycles. The number of nitrogens with one attached hydrogen (secondary N) is 1. The Morgan fingerprint density at radius 3 is 2.77 bits per heavy atom. The first-order chi connectivity index (χ1) is 12.4. The van der Waals surface area contributed by atoms with E-state index in [-0.39, 0.29) is 23.6 Å². The number of rotatable bonds is 4. The van der Waals surface area contributed by atoms with Gasteiger partial charge in [0.2, 0.25) is 0 Å². The highest BCUT2D eigenvalue weighted by Gasteiger charge is 2.36. The number of ether oxygens (including phenoxy) is 1. The Balaban J connectivity index is 1.98. The van der Waals surface area contributed by atoms with Crippen LogP contribution >= 0.6 is 15.9 Å². The quantitative estimate of drug-likeness (QED) is 0.580. The van der Waals surface area contributed by atoms with Crippen LogP contribution < -0.4 is 10.1 Å². The molecular weight excluding hydrogens is 408 g/mol. The highest BCUT2D eigenvalue weighted by molar-refractivity contribution is 9.10. The van der Waals surface area contributed by atoms with Gasteiger partial charge in [-0.1, -0.05) is 15.9 Å². The zero-order valence-corrected chi connectivity index (χ0v) is 15.1.